The number of hydrogen-bond acceptors (Lipinski definition) is 4. The van der Waals surface area contributed by atoms with Crippen LogP contribution in [-0.4, -0.2) is 41.1 Å². The first kappa shape index (κ1) is 15.2. The van der Waals surface area contributed by atoms with Crippen molar-refractivity contribution < 1.29 is 0 Å². The number of aromatic nitrogens is 1. The number of piperidine rings is 1. The quantitative estimate of drug-likeness (QED) is 0.836. The number of thiocarbonyl (C=S) groups is 1. The third kappa shape index (κ3) is 3.27. The van der Waals surface area contributed by atoms with Crippen LogP contribution in [0.15, 0.2) is 6.07 Å². The van der Waals surface area contributed by atoms with Gasteiger partial charge in [0.1, 0.15) is 10.8 Å². The topological polar surface area (TPSA) is 54.2 Å². The van der Waals surface area contributed by atoms with Crippen molar-refractivity contribution in [3.8, 4) is 0 Å². The molecule has 4 nitrogen and oxygen atoms in total. The van der Waals surface area contributed by atoms with Crippen molar-refractivity contribution in [1.29, 1.82) is 0 Å². The molecule has 0 amide bonds. The standard InChI is InChI=1S/C15H24N4S/c1-9-7-11(3)17-15(13(9)14(16)20)18-12-5-6-19(4)8-10(12)2/h7,10,12H,5-6,8H2,1-4H3,(H2,16,20)(H,17,18). The summed E-state index contributed by atoms with van der Waals surface area (Å²) in [7, 11) is 2.17. The number of nitrogens with one attached hydrogen (secondary N) is 1. The summed E-state index contributed by atoms with van der Waals surface area (Å²) in [5.74, 6) is 1.42. The third-order valence-electron chi connectivity index (χ3n) is 4.02. The number of pyridine rings is 1. The fraction of sp³-hybridized carbons (Fsp3) is 0.600. The first-order valence-corrected chi connectivity index (χ1v) is 7.52. The van der Waals surface area contributed by atoms with Crippen LogP contribution in [0.5, 0.6) is 0 Å². The van der Waals surface area contributed by atoms with E-state index in [0.717, 1.165) is 42.1 Å². The Morgan fingerprint density at radius 1 is 1.50 bits per heavy atom. The number of aryl methyl sites for hydroxylation is 2. The van der Waals surface area contributed by atoms with Gasteiger partial charge in [-0.2, -0.15) is 0 Å². The minimum Gasteiger partial charge on any atom is -0.389 e. The lowest BCUT2D eigenvalue weighted by Gasteiger charge is -2.36. The van der Waals surface area contributed by atoms with Gasteiger partial charge in [-0.3, -0.25) is 0 Å². The molecule has 0 saturated carbocycles. The Labute approximate surface area is 126 Å². The molecule has 0 spiro atoms. The number of anilines is 1. The van der Waals surface area contributed by atoms with E-state index in [2.05, 4.69) is 29.2 Å². The van der Waals surface area contributed by atoms with E-state index in [4.69, 9.17) is 18.0 Å². The van der Waals surface area contributed by atoms with Crippen molar-refractivity contribution in [2.45, 2.75) is 33.2 Å². The summed E-state index contributed by atoms with van der Waals surface area (Å²) >= 11 is 5.19. The van der Waals surface area contributed by atoms with Crippen LogP contribution in [0.25, 0.3) is 0 Å². The molecular weight excluding hydrogens is 268 g/mol. The average molecular weight is 292 g/mol. The fourth-order valence-electron chi connectivity index (χ4n) is 3.00. The maximum atomic E-state index is 5.87. The second-order valence-corrected chi connectivity index (χ2v) is 6.39. The highest BCUT2D eigenvalue weighted by atomic mass is 32.1. The summed E-state index contributed by atoms with van der Waals surface area (Å²) in [6.07, 6.45) is 1.11. The highest BCUT2D eigenvalue weighted by Crippen LogP contribution is 2.24. The Hall–Kier alpha value is -1.20. The minimum atomic E-state index is 0.415. The van der Waals surface area contributed by atoms with Crippen LogP contribution in [0.4, 0.5) is 5.82 Å². The van der Waals surface area contributed by atoms with Crippen LogP contribution in [-0.2, 0) is 0 Å². The van der Waals surface area contributed by atoms with Crippen LogP contribution in [0, 0.1) is 19.8 Å². The molecule has 20 heavy (non-hydrogen) atoms. The van der Waals surface area contributed by atoms with Gasteiger partial charge >= 0.3 is 0 Å². The number of hydrogen-bond donors (Lipinski definition) is 2. The molecule has 2 heterocycles. The van der Waals surface area contributed by atoms with Crippen molar-refractivity contribution in [3.63, 3.8) is 0 Å². The van der Waals surface area contributed by atoms with Crippen molar-refractivity contribution in [3.05, 3.63) is 22.9 Å². The number of nitrogens with two attached hydrogens (primary N) is 1. The van der Waals surface area contributed by atoms with E-state index in [1.807, 2.05) is 19.9 Å². The molecule has 0 aromatic carbocycles. The van der Waals surface area contributed by atoms with Gasteiger partial charge in [-0.1, -0.05) is 19.1 Å². The number of rotatable bonds is 3. The van der Waals surface area contributed by atoms with Crippen molar-refractivity contribution in [2.24, 2.45) is 11.7 Å². The molecule has 3 N–H and O–H groups in total. The molecule has 1 aliphatic heterocycles. The largest absolute Gasteiger partial charge is 0.389 e. The zero-order valence-corrected chi connectivity index (χ0v) is 13.5. The smallest absolute Gasteiger partial charge is 0.137 e. The lowest BCUT2D eigenvalue weighted by atomic mass is 9.94. The molecule has 1 aromatic heterocycles. The summed E-state index contributed by atoms with van der Waals surface area (Å²) in [5.41, 5.74) is 8.84. The Balaban J connectivity index is 2.26. The zero-order chi connectivity index (χ0) is 14.9. The lowest BCUT2D eigenvalue weighted by Crippen LogP contribution is -2.43. The van der Waals surface area contributed by atoms with E-state index in [0.29, 0.717) is 16.9 Å². The van der Waals surface area contributed by atoms with E-state index in [1.165, 1.54) is 0 Å². The van der Waals surface area contributed by atoms with E-state index in [1.54, 1.807) is 0 Å². The summed E-state index contributed by atoms with van der Waals surface area (Å²) in [5, 5.41) is 3.58. The fourth-order valence-corrected chi connectivity index (χ4v) is 3.25. The number of nitrogens with zero attached hydrogens (tertiary/aromatic N) is 2. The van der Waals surface area contributed by atoms with E-state index >= 15 is 0 Å². The predicted molar refractivity (Wildman–Crippen MR) is 88.3 cm³/mol. The molecule has 1 fully saturated rings. The van der Waals surface area contributed by atoms with E-state index in [9.17, 15) is 0 Å². The highest BCUT2D eigenvalue weighted by molar-refractivity contribution is 7.80. The van der Waals surface area contributed by atoms with Crippen molar-refractivity contribution >= 4 is 23.0 Å². The van der Waals surface area contributed by atoms with Gasteiger partial charge in [-0.05, 0) is 51.4 Å². The molecule has 0 bridgehead atoms. The van der Waals surface area contributed by atoms with Gasteiger partial charge in [0, 0.05) is 18.3 Å². The Kier molecular flexibility index (Phi) is 4.60. The van der Waals surface area contributed by atoms with Crippen LogP contribution >= 0.6 is 12.2 Å². The minimum absolute atomic E-state index is 0.415. The van der Waals surface area contributed by atoms with Gasteiger partial charge in [0.05, 0.1) is 5.56 Å². The summed E-state index contributed by atoms with van der Waals surface area (Å²) in [4.78, 5) is 7.39. The Bertz CT molecular complexity index is 515. The first-order chi connectivity index (χ1) is 9.38. The molecule has 0 aliphatic carbocycles. The van der Waals surface area contributed by atoms with Gasteiger partial charge in [0.25, 0.3) is 0 Å². The molecule has 1 aromatic rings. The summed E-state index contributed by atoms with van der Waals surface area (Å²) in [6, 6.07) is 2.45. The molecule has 1 saturated heterocycles. The maximum absolute atomic E-state index is 5.87. The molecule has 110 valence electrons. The second-order valence-electron chi connectivity index (χ2n) is 5.95. The number of likely N-dealkylation sites (tertiary alicyclic amines) is 1. The van der Waals surface area contributed by atoms with Crippen LogP contribution in [0.2, 0.25) is 0 Å². The second kappa shape index (κ2) is 6.06. The van der Waals surface area contributed by atoms with Crippen LogP contribution in [0.3, 0.4) is 0 Å². The molecule has 2 rings (SSSR count). The van der Waals surface area contributed by atoms with Gasteiger partial charge < -0.3 is 16.0 Å². The maximum Gasteiger partial charge on any atom is 0.137 e. The predicted octanol–water partition coefficient (Wildman–Crippen LogP) is 2.08. The van der Waals surface area contributed by atoms with Crippen LogP contribution < -0.4 is 11.1 Å². The SMILES string of the molecule is Cc1cc(C)c(C(N)=S)c(NC2CCN(C)CC2C)n1. The van der Waals surface area contributed by atoms with E-state index in [-0.39, 0.29) is 0 Å². The van der Waals surface area contributed by atoms with Crippen LogP contribution in [0.1, 0.15) is 30.2 Å². The van der Waals surface area contributed by atoms with Gasteiger partial charge in [-0.15, -0.1) is 0 Å². The summed E-state index contributed by atoms with van der Waals surface area (Å²) in [6.45, 7) is 8.52. The van der Waals surface area contributed by atoms with Gasteiger partial charge in [-0.25, -0.2) is 4.98 Å². The third-order valence-corrected chi connectivity index (χ3v) is 4.23. The molecule has 1 aliphatic rings. The monoisotopic (exact) mass is 292 g/mol. The molecule has 5 heteroatoms. The average Bonchev–Trinajstić information content (AvgIpc) is 2.31. The normalized spacial score (nSPS) is 23.6. The van der Waals surface area contributed by atoms with Gasteiger partial charge in [0.2, 0.25) is 0 Å². The zero-order valence-electron chi connectivity index (χ0n) is 12.7. The van der Waals surface area contributed by atoms with E-state index < -0.39 is 0 Å². The Morgan fingerprint density at radius 3 is 2.80 bits per heavy atom. The molecular formula is C15H24N4S. The molecule has 2 atom stereocenters. The Morgan fingerprint density at radius 2 is 2.20 bits per heavy atom. The first-order valence-electron chi connectivity index (χ1n) is 7.11. The van der Waals surface area contributed by atoms with Crippen molar-refractivity contribution in [2.75, 3.05) is 25.5 Å². The highest BCUT2D eigenvalue weighted by Gasteiger charge is 2.25. The molecule has 0 radical (unpaired) electrons. The van der Waals surface area contributed by atoms with Gasteiger partial charge in [0.15, 0.2) is 0 Å². The lowest BCUT2D eigenvalue weighted by molar-refractivity contribution is 0.206. The summed E-state index contributed by atoms with van der Waals surface area (Å²) < 4.78 is 0. The molecule has 2 unspecified atom stereocenters. The van der Waals surface area contributed by atoms with Crippen molar-refractivity contribution in [1.82, 2.24) is 9.88 Å².